The Labute approximate surface area is 94.7 Å². The summed E-state index contributed by atoms with van der Waals surface area (Å²) in [5.74, 6) is -0.242. The molecule has 0 amide bonds. The fraction of sp³-hybridized carbons (Fsp3) is 0.200. The summed E-state index contributed by atoms with van der Waals surface area (Å²) >= 11 is 5.89. The van der Waals surface area contributed by atoms with Crippen LogP contribution in [0.4, 0.5) is 13.2 Å². The Kier molecular flexibility index (Phi) is 2.71. The van der Waals surface area contributed by atoms with Gasteiger partial charge in [-0.2, -0.15) is 0 Å². The van der Waals surface area contributed by atoms with Gasteiger partial charge in [0.25, 0.3) is 0 Å². The van der Waals surface area contributed by atoms with Gasteiger partial charge in [-0.15, -0.1) is 13.2 Å². The van der Waals surface area contributed by atoms with E-state index >= 15 is 0 Å². The molecule has 6 heteroatoms. The van der Waals surface area contributed by atoms with Crippen LogP contribution >= 0.6 is 11.6 Å². The van der Waals surface area contributed by atoms with Gasteiger partial charge in [-0.05, 0) is 18.3 Å². The first kappa shape index (κ1) is 11.1. The highest BCUT2D eigenvalue weighted by atomic mass is 35.5. The fourth-order valence-corrected chi connectivity index (χ4v) is 1.74. The Bertz CT molecular complexity index is 431. The molecular weight excluding hydrogens is 243 g/mol. The number of fused-ring (bicyclic) bond motifs is 1. The van der Waals surface area contributed by atoms with E-state index in [0.717, 1.165) is 0 Å². The highest BCUT2D eigenvalue weighted by molar-refractivity contribution is 6.21. The zero-order valence-corrected chi connectivity index (χ0v) is 8.64. The summed E-state index contributed by atoms with van der Waals surface area (Å²) in [6.07, 6.45) is -1.71. The van der Waals surface area contributed by atoms with Crippen molar-refractivity contribution < 1.29 is 17.9 Å². The van der Waals surface area contributed by atoms with Crippen molar-refractivity contribution >= 4 is 17.7 Å². The van der Waals surface area contributed by atoms with Crippen molar-refractivity contribution in [2.45, 2.75) is 11.9 Å². The number of halogens is 4. The highest BCUT2D eigenvalue weighted by Crippen LogP contribution is 2.35. The van der Waals surface area contributed by atoms with Crippen LogP contribution < -0.4 is 10.1 Å². The lowest BCUT2D eigenvalue weighted by Crippen LogP contribution is -2.20. The molecule has 1 unspecified atom stereocenters. The number of hydrogen-bond acceptors (Lipinski definition) is 2. The summed E-state index contributed by atoms with van der Waals surface area (Å²) in [6, 6.07) is 4.37. The van der Waals surface area contributed by atoms with E-state index in [1.807, 2.05) is 0 Å². The molecule has 2 rings (SSSR count). The van der Waals surface area contributed by atoms with Crippen molar-refractivity contribution in [2.24, 2.45) is 0 Å². The van der Waals surface area contributed by atoms with Gasteiger partial charge < -0.3 is 10.1 Å². The van der Waals surface area contributed by atoms with Crippen LogP contribution in [-0.2, 0) is 0 Å². The van der Waals surface area contributed by atoms with Gasteiger partial charge in [0.15, 0.2) is 0 Å². The minimum absolute atomic E-state index is 0.242. The van der Waals surface area contributed by atoms with Crippen molar-refractivity contribution in [1.82, 2.24) is 5.32 Å². The minimum Gasteiger partial charge on any atom is -0.405 e. The Morgan fingerprint density at radius 2 is 2.06 bits per heavy atom. The van der Waals surface area contributed by atoms with Gasteiger partial charge in [-0.1, -0.05) is 23.7 Å². The molecule has 0 saturated carbocycles. The number of hydrogen-bond donors (Lipinski definition) is 1. The molecule has 2 nitrogen and oxygen atoms in total. The van der Waals surface area contributed by atoms with E-state index in [1.54, 1.807) is 6.07 Å². The van der Waals surface area contributed by atoms with E-state index < -0.39 is 11.9 Å². The van der Waals surface area contributed by atoms with Crippen LogP contribution in [0.25, 0.3) is 6.08 Å². The van der Waals surface area contributed by atoms with Gasteiger partial charge in [-0.3, -0.25) is 0 Å². The summed E-state index contributed by atoms with van der Waals surface area (Å²) in [4.78, 5) is 0. The Balaban J connectivity index is 2.42. The predicted molar refractivity (Wildman–Crippen MR) is 53.9 cm³/mol. The van der Waals surface area contributed by atoms with E-state index in [2.05, 4.69) is 10.1 Å². The molecule has 1 atom stereocenters. The molecule has 0 aromatic heterocycles. The molecule has 1 aromatic rings. The third kappa shape index (κ3) is 2.24. The van der Waals surface area contributed by atoms with Crippen LogP contribution in [0.15, 0.2) is 24.4 Å². The van der Waals surface area contributed by atoms with Crippen LogP contribution in [-0.4, -0.2) is 6.36 Å². The Morgan fingerprint density at radius 3 is 2.75 bits per heavy atom. The van der Waals surface area contributed by atoms with E-state index in [9.17, 15) is 13.2 Å². The second-order valence-electron chi connectivity index (χ2n) is 3.17. The summed E-state index contributed by atoms with van der Waals surface area (Å²) in [5, 5.41) is 2.78. The van der Waals surface area contributed by atoms with Gasteiger partial charge in [0.2, 0.25) is 0 Å². The first-order valence-electron chi connectivity index (χ1n) is 4.43. The molecule has 0 radical (unpaired) electrons. The average Bonchev–Trinajstić information content (AvgIpc) is 2.17. The fourth-order valence-electron chi connectivity index (χ4n) is 1.48. The molecule has 1 aliphatic heterocycles. The van der Waals surface area contributed by atoms with Crippen molar-refractivity contribution in [2.75, 3.05) is 0 Å². The largest absolute Gasteiger partial charge is 0.573 e. The second-order valence-corrected chi connectivity index (χ2v) is 3.61. The summed E-state index contributed by atoms with van der Waals surface area (Å²) in [7, 11) is 0. The lowest BCUT2D eigenvalue weighted by atomic mass is 10.0. The van der Waals surface area contributed by atoms with Crippen LogP contribution in [0.1, 0.15) is 16.6 Å². The van der Waals surface area contributed by atoms with Crippen LogP contribution in [0.5, 0.6) is 5.75 Å². The van der Waals surface area contributed by atoms with E-state index in [1.165, 1.54) is 24.4 Å². The van der Waals surface area contributed by atoms with Crippen LogP contribution in [0.2, 0.25) is 0 Å². The number of rotatable bonds is 1. The minimum atomic E-state index is -4.70. The molecule has 1 aromatic carbocycles. The molecule has 0 saturated heterocycles. The van der Waals surface area contributed by atoms with E-state index in [4.69, 9.17) is 11.6 Å². The van der Waals surface area contributed by atoms with Crippen molar-refractivity contribution in [3.8, 4) is 5.75 Å². The summed E-state index contributed by atoms with van der Waals surface area (Å²) in [5.41, 5.74) is 0.362. The maximum absolute atomic E-state index is 12.1. The summed E-state index contributed by atoms with van der Waals surface area (Å²) in [6.45, 7) is 0. The quantitative estimate of drug-likeness (QED) is 0.608. The van der Waals surface area contributed by atoms with Gasteiger partial charge in [0, 0.05) is 11.1 Å². The molecule has 16 heavy (non-hydrogen) atoms. The van der Waals surface area contributed by atoms with Crippen molar-refractivity contribution in [3.05, 3.63) is 35.5 Å². The number of benzene rings is 1. The van der Waals surface area contributed by atoms with Gasteiger partial charge in [-0.25, -0.2) is 0 Å². The average molecular weight is 250 g/mol. The number of alkyl halides is 4. The van der Waals surface area contributed by atoms with Gasteiger partial charge in [0.1, 0.15) is 11.3 Å². The third-order valence-electron chi connectivity index (χ3n) is 2.09. The first-order valence-corrected chi connectivity index (χ1v) is 4.86. The van der Waals surface area contributed by atoms with Crippen LogP contribution in [0, 0.1) is 0 Å². The second kappa shape index (κ2) is 3.90. The molecular formula is C10H7ClF3NO. The molecule has 0 fully saturated rings. The lowest BCUT2D eigenvalue weighted by Gasteiger charge is -2.20. The zero-order chi connectivity index (χ0) is 11.8. The normalized spacial score (nSPS) is 18.9. The van der Waals surface area contributed by atoms with E-state index in [0.29, 0.717) is 11.1 Å². The highest BCUT2D eigenvalue weighted by Gasteiger charge is 2.32. The monoisotopic (exact) mass is 249 g/mol. The maximum Gasteiger partial charge on any atom is 0.573 e. The first-order chi connectivity index (χ1) is 7.47. The topological polar surface area (TPSA) is 21.3 Å². The molecule has 0 bridgehead atoms. The predicted octanol–water partition coefficient (Wildman–Crippen LogP) is 3.40. The number of nitrogens with one attached hydrogen (secondary N) is 1. The smallest absolute Gasteiger partial charge is 0.405 e. The molecule has 86 valence electrons. The summed E-state index contributed by atoms with van der Waals surface area (Å²) < 4.78 is 40.3. The molecule has 1 N–H and O–H groups in total. The third-order valence-corrected chi connectivity index (χ3v) is 2.45. The molecule has 0 spiro atoms. The molecule has 1 heterocycles. The zero-order valence-electron chi connectivity index (χ0n) is 7.88. The van der Waals surface area contributed by atoms with Gasteiger partial charge >= 0.3 is 6.36 Å². The van der Waals surface area contributed by atoms with E-state index in [-0.39, 0.29) is 5.75 Å². The Hall–Kier alpha value is -1.36. The molecule has 1 aliphatic rings. The van der Waals surface area contributed by atoms with Crippen molar-refractivity contribution in [1.29, 1.82) is 0 Å². The van der Waals surface area contributed by atoms with Gasteiger partial charge in [0.05, 0.1) is 0 Å². The SMILES string of the molecule is FC(F)(F)Oc1cccc2c1C=CNC2Cl. The lowest BCUT2D eigenvalue weighted by molar-refractivity contribution is -0.274. The van der Waals surface area contributed by atoms with Crippen molar-refractivity contribution in [3.63, 3.8) is 0 Å². The number of ether oxygens (including phenoxy) is 1. The Morgan fingerprint density at radius 1 is 1.31 bits per heavy atom. The maximum atomic E-state index is 12.1. The standard InChI is InChI=1S/C10H7ClF3NO/c11-9-7-2-1-3-8(16-10(12,13)14)6(7)4-5-15-9/h1-5,9,15H. The molecule has 0 aliphatic carbocycles. The van der Waals surface area contributed by atoms with Crippen LogP contribution in [0.3, 0.4) is 0 Å².